The van der Waals surface area contributed by atoms with Crippen LogP contribution in [0.5, 0.6) is 0 Å². The maximum atomic E-state index is 4.19. The number of aryl methyl sites for hydroxylation is 2. The largest absolute Gasteiger partial charge is 0.378 e. The van der Waals surface area contributed by atoms with Crippen LogP contribution >= 0.6 is 0 Å². The number of hydrogen-bond donors (Lipinski definition) is 1. The number of anilines is 1. The zero-order valence-electron chi connectivity index (χ0n) is 10.6. The monoisotopic (exact) mass is 226 g/mol. The summed E-state index contributed by atoms with van der Waals surface area (Å²) < 4.78 is 0. The number of hydrogen-bond acceptors (Lipinski definition) is 2. The third-order valence-electron chi connectivity index (χ3n) is 2.86. The van der Waals surface area contributed by atoms with E-state index in [1.807, 2.05) is 19.2 Å². The SMILES string of the molecule is Cc1ccc(C(C)Nc2ccnc(C)c2)cc1. The van der Waals surface area contributed by atoms with Gasteiger partial charge in [0.05, 0.1) is 0 Å². The van der Waals surface area contributed by atoms with Crippen molar-refractivity contribution in [3.8, 4) is 0 Å². The lowest BCUT2D eigenvalue weighted by Gasteiger charge is -2.16. The van der Waals surface area contributed by atoms with Crippen molar-refractivity contribution in [1.29, 1.82) is 0 Å². The van der Waals surface area contributed by atoms with E-state index in [9.17, 15) is 0 Å². The Hall–Kier alpha value is -1.83. The normalized spacial score (nSPS) is 12.2. The number of nitrogens with zero attached hydrogens (tertiary/aromatic N) is 1. The molecule has 0 aliphatic heterocycles. The third kappa shape index (κ3) is 3.06. The second-order valence-corrected chi connectivity index (χ2v) is 4.46. The fourth-order valence-electron chi connectivity index (χ4n) is 1.82. The van der Waals surface area contributed by atoms with E-state index in [1.165, 1.54) is 11.1 Å². The highest BCUT2D eigenvalue weighted by molar-refractivity contribution is 5.45. The van der Waals surface area contributed by atoms with Crippen LogP contribution in [-0.2, 0) is 0 Å². The van der Waals surface area contributed by atoms with Gasteiger partial charge in [-0.25, -0.2) is 0 Å². The van der Waals surface area contributed by atoms with Gasteiger partial charge in [-0.3, -0.25) is 4.98 Å². The summed E-state index contributed by atoms with van der Waals surface area (Å²) in [6, 6.07) is 13.0. The van der Waals surface area contributed by atoms with E-state index in [1.54, 1.807) is 0 Å². The number of rotatable bonds is 3. The van der Waals surface area contributed by atoms with Crippen LogP contribution in [-0.4, -0.2) is 4.98 Å². The fourth-order valence-corrected chi connectivity index (χ4v) is 1.82. The first-order chi connectivity index (χ1) is 8.15. The molecular formula is C15H18N2. The van der Waals surface area contributed by atoms with Crippen molar-refractivity contribution in [3.63, 3.8) is 0 Å². The Kier molecular flexibility index (Phi) is 3.43. The molecular weight excluding hydrogens is 208 g/mol. The molecule has 0 radical (unpaired) electrons. The van der Waals surface area contributed by atoms with Gasteiger partial charge in [-0.15, -0.1) is 0 Å². The molecule has 0 aliphatic carbocycles. The minimum absolute atomic E-state index is 0.303. The predicted molar refractivity (Wildman–Crippen MR) is 72.2 cm³/mol. The number of nitrogens with one attached hydrogen (secondary N) is 1. The maximum Gasteiger partial charge on any atom is 0.0485 e. The van der Waals surface area contributed by atoms with E-state index in [0.717, 1.165) is 11.4 Å². The molecule has 1 unspecified atom stereocenters. The predicted octanol–water partition coefficient (Wildman–Crippen LogP) is 3.87. The summed E-state index contributed by atoms with van der Waals surface area (Å²) in [5.41, 5.74) is 4.74. The summed E-state index contributed by atoms with van der Waals surface area (Å²) in [6.07, 6.45) is 1.83. The number of aromatic nitrogens is 1. The zero-order valence-corrected chi connectivity index (χ0v) is 10.6. The third-order valence-corrected chi connectivity index (χ3v) is 2.86. The molecule has 0 fully saturated rings. The smallest absolute Gasteiger partial charge is 0.0485 e. The van der Waals surface area contributed by atoms with E-state index >= 15 is 0 Å². The first-order valence-electron chi connectivity index (χ1n) is 5.91. The average Bonchev–Trinajstić information content (AvgIpc) is 2.29. The fraction of sp³-hybridized carbons (Fsp3) is 0.267. The number of benzene rings is 1. The highest BCUT2D eigenvalue weighted by Gasteiger charge is 2.04. The molecule has 2 heteroatoms. The molecule has 1 atom stereocenters. The highest BCUT2D eigenvalue weighted by Crippen LogP contribution is 2.19. The molecule has 2 rings (SSSR count). The Bertz CT molecular complexity index is 489. The second kappa shape index (κ2) is 5.00. The van der Waals surface area contributed by atoms with Crippen molar-refractivity contribution in [3.05, 3.63) is 59.4 Å². The Balaban J connectivity index is 2.11. The topological polar surface area (TPSA) is 24.9 Å². The summed E-state index contributed by atoms with van der Waals surface area (Å²) >= 11 is 0. The molecule has 1 aromatic carbocycles. The van der Waals surface area contributed by atoms with Crippen molar-refractivity contribution in [2.75, 3.05) is 5.32 Å². The van der Waals surface area contributed by atoms with Gasteiger partial charge in [0.1, 0.15) is 0 Å². The lowest BCUT2D eigenvalue weighted by atomic mass is 10.1. The molecule has 0 aliphatic rings. The van der Waals surface area contributed by atoms with Crippen LogP contribution in [0.15, 0.2) is 42.6 Å². The van der Waals surface area contributed by atoms with Crippen molar-refractivity contribution in [2.24, 2.45) is 0 Å². The molecule has 1 heterocycles. The Morgan fingerprint density at radius 2 is 1.76 bits per heavy atom. The quantitative estimate of drug-likeness (QED) is 0.859. The van der Waals surface area contributed by atoms with Crippen LogP contribution in [0.4, 0.5) is 5.69 Å². The van der Waals surface area contributed by atoms with Crippen molar-refractivity contribution < 1.29 is 0 Å². The van der Waals surface area contributed by atoms with Crippen LogP contribution in [0.2, 0.25) is 0 Å². The van der Waals surface area contributed by atoms with Crippen molar-refractivity contribution in [1.82, 2.24) is 4.98 Å². The first kappa shape index (κ1) is 11.6. The van der Waals surface area contributed by atoms with Gasteiger partial charge >= 0.3 is 0 Å². The van der Waals surface area contributed by atoms with E-state index in [4.69, 9.17) is 0 Å². The van der Waals surface area contributed by atoms with Gasteiger partial charge in [0.25, 0.3) is 0 Å². The van der Waals surface area contributed by atoms with Gasteiger partial charge in [0.2, 0.25) is 0 Å². The molecule has 1 aromatic heterocycles. The Morgan fingerprint density at radius 1 is 1.06 bits per heavy atom. The zero-order chi connectivity index (χ0) is 12.3. The summed E-state index contributed by atoms with van der Waals surface area (Å²) in [4.78, 5) is 4.19. The van der Waals surface area contributed by atoms with Crippen LogP contribution in [0.1, 0.15) is 29.8 Å². The molecule has 1 N–H and O–H groups in total. The van der Waals surface area contributed by atoms with Gasteiger partial charge in [-0.1, -0.05) is 29.8 Å². The van der Waals surface area contributed by atoms with Crippen LogP contribution in [0.25, 0.3) is 0 Å². The maximum absolute atomic E-state index is 4.19. The molecule has 0 saturated carbocycles. The molecule has 0 saturated heterocycles. The Labute approximate surface area is 103 Å². The van der Waals surface area contributed by atoms with Gasteiger partial charge in [0.15, 0.2) is 0 Å². The van der Waals surface area contributed by atoms with Crippen molar-refractivity contribution in [2.45, 2.75) is 26.8 Å². The number of pyridine rings is 1. The average molecular weight is 226 g/mol. The summed E-state index contributed by atoms with van der Waals surface area (Å²) in [6.45, 7) is 6.27. The van der Waals surface area contributed by atoms with E-state index in [-0.39, 0.29) is 0 Å². The van der Waals surface area contributed by atoms with Crippen molar-refractivity contribution >= 4 is 5.69 Å². The van der Waals surface area contributed by atoms with Crippen LogP contribution in [0, 0.1) is 13.8 Å². The van der Waals surface area contributed by atoms with E-state index < -0.39 is 0 Å². The standard InChI is InChI=1S/C15H18N2/c1-11-4-6-14(7-5-11)13(3)17-15-8-9-16-12(2)10-15/h4-10,13H,1-3H3,(H,16,17). The summed E-state index contributed by atoms with van der Waals surface area (Å²) in [5.74, 6) is 0. The lowest BCUT2D eigenvalue weighted by molar-refractivity contribution is 0.882. The Morgan fingerprint density at radius 3 is 2.41 bits per heavy atom. The van der Waals surface area contributed by atoms with Gasteiger partial charge in [-0.05, 0) is 38.5 Å². The van der Waals surface area contributed by atoms with Crippen LogP contribution in [0.3, 0.4) is 0 Å². The molecule has 17 heavy (non-hydrogen) atoms. The second-order valence-electron chi connectivity index (χ2n) is 4.46. The summed E-state index contributed by atoms with van der Waals surface area (Å²) in [5, 5.41) is 3.48. The molecule has 0 bridgehead atoms. The molecule has 2 aromatic rings. The molecule has 0 spiro atoms. The van der Waals surface area contributed by atoms with Crippen LogP contribution < -0.4 is 5.32 Å². The van der Waals surface area contributed by atoms with Gasteiger partial charge < -0.3 is 5.32 Å². The summed E-state index contributed by atoms with van der Waals surface area (Å²) in [7, 11) is 0. The van der Waals surface area contributed by atoms with Gasteiger partial charge in [0, 0.05) is 23.6 Å². The minimum atomic E-state index is 0.303. The van der Waals surface area contributed by atoms with E-state index in [0.29, 0.717) is 6.04 Å². The highest BCUT2D eigenvalue weighted by atomic mass is 14.9. The van der Waals surface area contributed by atoms with Gasteiger partial charge in [-0.2, -0.15) is 0 Å². The van der Waals surface area contributed by atoms with E-state index in [2.05, 4.69) is 54.5 Å². The lowest BCUT2D eigenvalue weighted by Crippen LogP contribution is -2.06. The first-order valence-corrected chi connectivity index (χ1v) is 5.91. The minimum Gasteiger partial charge on any atom is -0.378 e. The molecule has 0 amide bonds. The molecule has 2 nitrogen and oxygen atoms in total. The molecule has 88 valence electrons.